The summed E-state index contributed by atoms with van der Waals surface area (Å²) in [6.45, 7) is 7.50. The molecule has 0 saturated heterocycles. The van der Waals surface area contributed by atoms with Crippen molar-refractivity contribution in [2.24, 2.45) is 5.92 Å². The van der Waals surface area contributed by atoms with Crippen LogP contribution in [0.25, 0.3) is 0 Å². The Morgan fingerprint density at radius 1 is 1.03 bits per heavy atom. The first kappa shape index (κ1) is 28.4. The van der Waals surface area contributed by atoms with Gasteiger partial charge in [0.1, 0.15) is 18.7 Å². The quantitative estimate of drug-likeness (QED) is 0.372. The van der Waals surface area contributed by atoms with Crippen molar-refractivity contribution < 1.29 is 38.9 Å². The van der Waals surface area contributed by atoms with Crippen LogP contribution in [0, 0.1) is 5.92 Å². The van der Waals surface area contributed by atoms with Crippen molar-refractivity contribution in [2.75, 3.05) is 6.54 Å². The van der Waals surface area contributed by atoms with Gasteiger partial charge < -0.3 is 30.5 Å². The molecule has 0 aliphatic carbocycles. The molecule has 0 heterocycles. The third-order valence-corrected chi connectivity index (χ3v) is 4.81. The van der Waals surface area contributed by atoms with Gasteiger partial charge >= 0.3 is 18.0 Å². The normalized spacial score (nSPS) is 12.9. The van der Waals surface area contributed by atoms with E-state index in [0.29, 0.717) is 0 Å². The van der Waals surface area contributed by atoms with Gasteiger partial charge in [0.25, 0.3) is 0 Å². The zero-order chi connectivity index (χ0) is 26.1. The lowest BCUT2D eigenvalue weighted by molar-refractivity contribution is -0.158. The summed E-state index contributed by atoms with van der Waals surface area (Å²) in [5, 5.41) is 23.4. The van der Waals surface area contributed by atoms with E-state index in [9.17, 15) is 29.1 Å². The molecule has 3 amide bonds. The zero-order valence-electron chi connectivity index (χ0n) is 20.0. The number of hydrogen-bond acceptors (Lipinski definition) is 6. The molecule has 0 fully saturated rings. The van der Waals surface area contributed by atoms with Gasteiger partial charge in [-0.1, -0.05) is 44.2 Å². The molecule has 0 unspecified atom stereocenters. The minimum absolute atomic E-state index is 0.0122. The molecule has 4 N–H and O–H groups in total. The van der Waals surface area contributed by atoms with Crippen LogP contribution in [0.3, 0.4) is 0 Å². The van der Waals surface area contributed by atoms with E-state index in [4.69, 9.17) is 9.84 Å². The Morgan fingerprint density at radius 2 is 1.62 bits per heavy atom. The van der Waals surface area contributed by atoms with E-state index in [0.717, 1.165) is 10.5 Å². The van der Waals surface area contributed by atoms with Crippen molar-refractivity contribution >= 4 is 29.8 Å². The maximum Gasteiger partial charge on any atom is 0.408 e. The molecule has 11 heteroatoms. The molecule has 1 rings (SSSR count). The van der Waals surface area contributed by atoms with Gasteiger partial charge in [-0.3, -0.25) is 14.4 Å². The van der Waals surface area contributed by atoms with Crippen LogP contribution >= 0.6 is 0 Å². The molecule has 34 heavy (non-hydrogen) atoms. The summed E-state index contributed by atoms with van der Waals surface area (Å²) < 4.78 is 5.14. The van der Waals surface area contributed by atoms with Crippen molar-refractivity contribution in [1.29, 1.82) is 0 Å². The summed E-state index contributed by atoms with van der Waals surface area (Å²) in [4.78, 5) is 61.4. The van der Waals surface area contributed by atoms with Gasteiger partial charge in [-0.15, -0.1) is 0 Å². The van der Waals surface area contributed by atoms with Crippen LogP contribution < -0.4 is 10.6 Å². The Balaban J connectivity index is 2.82. The molecule has 0 saturated carbocycles. The molecule has 0 aliphatic rings. The average molecular weight is 480 g/mol. The van der Waals surface area contributed by atoms with Crippen LogP contribution in [-0.4, -0.2) is 69.1 Å². The predicted molar refractivity (Wildman–Crippen MR) is 122 cm³/mol. The first-order valence-corrected chi connectivity index (χ1v) is 10.8. The smallest absolute Gasteiger partial charge is 0.408 e. The molecule has 0 radical (unpaired) electrons. The van der Waals surface area contributed by atoms with E-state index in [1.54, 1.807) is 58.9 Å². The monoisotopic (exact) mass is 479 g/mol. The number of nitrogens with one attached hydrogen (secondary N) is 2. The number of amides is 3. The highest BCUT2D eigenvalue weighted by molar-refractivity contribution is 5.92. The predicted octanol–water partition coefficient (Wildman–Crippen LogP) is 1.61. The van der Waals surface area contributed by atoms with E-state index in [1.807, 2.05) is 6.07 Å². The largest absolute Gasteiger partial charge is 0.481 e. The number of alkyl carbamates (subject to hydrolysis) is 1. The molecule has 0 bridgehead atoms. The molecular formula is C23H33N3O8. The molecule has 0 aromatic heterocycles. The highest BCUT2D eigenvalue weighted by Crippen LogP contribution is 2.20. The molecule has 1 aromatic carbocycles. The lowest BCUT2D eigenvalue weighted by atomic mass is 10.00. The van der Waals surface area contributed by atoms with Gasteiger partial charge in [0, 0.05) is 5.54 Å². The van der Waals surface area contributed by atoms with Crippen LogP contribution in [0.2, 0.25) is 0 Å². The van der Waals surface area contributed by atoms with E-state index < -0.39 is 60.4 Å². The molecule has 11 nitrogen and oxygen atoms in total. The Labute approximate surface area is 198 Å². The Bertz CT molecular complexity index is 880. The standard InChI is InChI=1S/C23H33N3O8/c1-14(2)19(25-22(33)34-13-15-9-7-6-8-10-15)20(30)24-12-17(27)26(23(3,4)5)16(21(31)32)11-18(28)29/h6-10,14,16,19H,11-13H2,1-5H3,(H,24,30)(H,25,33)(H,28,29)(H,31,32)/t16-,19-/m0/s1. The van der Waals surface area contributed by atoms with Crippen molar-refractivity contribution in [1.82, 2.24) is 15.5 Å². The van der Waals surface area contributed by atoms with Gasteiger partial charge in [-0.05, 0) is 32.3 Å². The number of carbonyl (C=O) groups is 5. The number of carboxylic acids is 2. The third kappa shape index (κ3) is 9.08. The Morgan fingerprint density at radius 3 is 2.09 bits per heavy atom. The number of carboxylic acid groups (broad SMARTS) is 2. The Kier molecular flexibility index (Phi) is 10.5. The number of hydrogen-bond donors (Lipinski definition) is 4. The highest BCUT2D eigenvalue weighted by atomic mass is 16.5. The van der Waals surface area contributed by atoms with Gasteiger partial charge in [0.05, 0.1) is 13.0 Å². The lowest BCUT2D eigenvalue weighted by Gasteiger charge is -2.39. The summed E-state index contributed by atoms with van der Waals surface area (Å²) in [7, 11) is 0. The molecule has 2 atom stereocenters. The van der Waals surface area contributed by atoms with Gasteiger partial charge in [0.2, 0.25) is 11.8 Å². The first-order chi connectivity index (χ1) is 15.7. The van der Waals surface area contributed by atoms with Crippen molar-refractivity contribution in [3.8, 4) is 0 Å². The van der Waals surface area contributed by atoms with Crippen LogP contribution in [0.4, 0.5) is 4.79 Å². The van der Waals surface area contributed by atoms with Gasteiger partial charge in [0.15, 0.2) is 0 Å². The van der Waals surface area contributed by atoms with E-state index in [2.05, 4.69) is 10.6 Å². The first-order valence-electron chi connectivity index (χ1n) is 10.8. The number of nitrogens with zero attached hydrogens (tertiary/aromatic N) is 1. The topological polar surface area (TPSA) is 162 Å². The summed E-state index contributed by atoms with van der Waals surface area (Å²) in [6, 6.07) is 6.34. The SMILES string of the molecule is CC(C)[C@H](NC(=O)OCc1ccccc1)C(=O)NCC(=O)N([C@@H](CC(=O)O)C(=O)O)C(C)(C)C. The fourth-order valence-electron chi connectivity index (χ4n) is 3.25. The number of benzene rings is 1. The van der Waals surface area contributed by atoms with Gasteiger partial charge in [-0.2, -0.15) is 0 Å². The number of rotatable bonds is 11. The van der Waals surface area contributed by atoms with Crippen molar-refractivity contribution in [2.45, 2.75) is 65.3 Å². The number of carbonyl (C=O) groups excluding carboxylic acids is 3. The maximum absolute atomic E-state index is 12.8. The minimum atomic E-state index is -1.62. The van der Waals surface area contributed by atoms with Crippen molar-refractivity contribution in [3.05, 3.63) is 35.9 Å². The molecular weight excluding hydrogens is 446 g/mol. The summed E-state index contributed by atoms with van der Waals surface area (Å²) in [5.74, 6) is -4.64. The summed E-state index contributed by atoms with van der Waals surface area (Å²) in [6.07, 6.45) is -1.61. The fourth-order valence-corrected chi connectivity index (χ4v) is 3.25. The molecule has 0 aliphatic heterocycles. The van der Waals surface area contributed by atoms with Crippen LogP contribution in [0.1, 0.15) is 46.6 Å². The molecule has 0 spiro atoms. The summed E-state index contributed by atoms with van der Waals surface area (Å²) >= 11 is 0. The summed E-state index contributed by atoms with van der Waals surface area (Å²) in [5.41, 5.74) is -0.262. The van der Waals surface area contributed by atoms with Crippen molar-refractivity contribution in [3.63, 3.8) is 0 Å². The number of ether oxygens (including phenoxy) is 1. The lowest BCUT2D eigenvalue weighted by Crippen LogP contribution is -2.58. The second kappa shape index (κ2) is 12.6. The van der Waals surface area contributed by atoms with E-state index in [1.165, 1.54) is 0 Å². The van der Waals surface area contributed by atoms with E-state index in [-0.39, 0.29) is 12.5 Å². The van der Waals surface area contributed by atoms with Crippen LogP contribution in [-0.2, 0) is 30.5 Å². The second-order valence-electron chi connectivity index (χ2n) is 9.03. The Hall–Kier alpha value is -3.63. The third-order valence-electron chi connectivity index (χ3n) is 4.81. The zero-order valence-corrected chi connectivity index (χ0v) is 20.0. The maximum atomic E-state index is 12.8. The highest BCUT2D eigenvalue weighted by Gasteiger charge is 2.39. The number of aliphatic carboxylic acids is 2. The average Bonchev–Trinajstić information content (AvgIpc) is 2.73. The molecule has 188 valence electrons. The fraction of sp³-hybridized carbons (Fsp3) is 0.522. The van der Waals surface area contributed by atoms with E-state index >= 15 is 0 Å². The van der Waals surface area contributed by atoms with Crippen LogP contribution in [0.5, 0.6) is 0 Å². The minimum Gasteiger partial charge on any atom is -0.481 e. The second-order valence-corrected chi connectivity index (χ2v) is 9.03. The van der Waals surface area contributed by atoms with Gasteiger partial charge in [-0.25, -0.2) is 9.59 Å². The van der Waals surface area contributed by atoms with Crippen LogP contribution in [0.15, 0.2) is 30.3 Å². The molecule has 1 aromatic rings.